The number of amides is 1. The first-order valence-electron chi connectivity index (χ1n) is 18.2. The average molecular weight is 744 g/mol. The summed E-state index contributed by atoms with van der Waals surface area (Å²) in [5.41, 5.74) is 6.35. The van der Waals surface area contributed by atoms with Crippen LogP contribution in [0, 0.1) is 6.92 Å². The number of carbonyl (C=O) groups is 2. The standard InChI is InChI=1S/C41H41N7O5S/c1-27-32(24-42-48(27)25-29-8-2-4-12-35(29)53-21-7-17-46-19-22-52-23-20-46)30-14-15-37(44-38(30)40(50)51)47-18-16-28-9-6-10-31(33(28)26-47)39(49)45-41-43-34-11-3-5-13-36(34)54-41/h2-6,8-15,24H,7,16-23,25-26H2,1H3,(H,50,51)(H,43,45,49). The highest BCUT2D eigenvalue weighted by atomic mass is 32.1. The molecule has 0 spiro atoms. The van der Waals surface area contributed by atoms with Gasteiger partial charge < -0.3 is 19.5 Å². The third-order valence-corrected chi connectivity index (χ3v) is 11.1. The molecule has 2 aliphatic rings. The van der Waals surface area contributed by atoms with Crippen molar-refractivity contribution in [3.63, 3.8) is 0 Å². The molecule has 3 aromatic carbocycles. The Kier molecular flexibility index (Phi) is 10.3. The SMILES string of the molecule is Cc1c(-c2ccc(N3CCc4cccc(C(=O)Nc5nc6ccccc6s5)c4C3)nc2C(=O)O)cnn1Cc1ccccc1OCCCN1CCOCC1. The van der Waals surface area contributed by atoms with Crippen LogP contribution in [0.25, 0.3) is 21.3 Å². The maximum atomic E-state index is 13.6. The molecule has 2 N–H and O–H groups in total. The molecule has 276 valence electrons. The summed E-state index contributed by atoms with van der Waals surface area (Å²) < 4.78 is 14.5. The highest BCUT2D eigenvalue weighted by Gasteiger charge is 2.26. The van der Waals surface area contributed by atoms with Gasteiger partial charge in [-0.25, -0.2) is 14.8 Å². The first kappa shape index (κ1) is 35.4. The minimum absolute atomic E-state index is 0.0492. The molecule has 0 bridgehead atoms. The summed E-state index contributed by atoms with van der Waals surface area (Å²) in [6.07, 6.45) is 3.32. The zero-order chi connectivity index (χ0) is 37.0. The Morgan fingerprint density at radius 2 is 1.78 bits per heavy atom. The lowest BCUT2D eigenvalue weighted by Gasteiger charge is -2.31. The molecule has 8 rings (SSSR count). The molecule has 0 atom stereocenters. The van der Waals surface area contributed by atoms with Gasteiger partial charge in [0.15, 0.2) is 10.8 Å². The van der Waals surface area contributed by atoms with E-state index >= 15 is 0 Å². The summed E-state index contributed by atoms with van der Waals surface area (Å²) in [4.78, 5) is 39.9. The fourth-order valence-corrected chi connectivity index (χ4v) is 8.05. The molecule has 0 unspecified atom stereocenters. The highest BCUT2D eigenvalue weighted by Crippen LogP contribution is 2.33. The smallest absolute Gasteiger partial charge is 0.355 e. The second kappa shape index (κ2) is 15.8. The summed E-state index contributed by atoms with van der Waals surface area (Å²) in [6, 6.07) is 25.2. The molecule has 1 saturated heterocycles. The van der Waals surface area contributed by atoms with Gasteiger partial charge in [-0.05, 0) is 67.3 Å². The number of thiazole rings is 1. The molecule has 2 aliphatic heterocycles. The van der Waals surface area contributed by atoms with E-state index in [2.05, 4.69) is 25.3 Å². The van der Waals surface area contributed by atoms with Gasteiger partial charge >= 0.3 is 5.97 Å². The lowest BCUT2D eigenvalue weighted by molar-refractivity contribution is 0.0358. The van der Waals surface area contributed by atoms with Gasteiger partial charge in [0.2, 0.25) is 0 Å². The van der Waals surface area contributed by atoms with Gasteiger partial charge in [-0.1, -0.05) is 53.8 Å². The summed E-state index contributed by atoms with van der Waals surface area (Å²) in [5.74, 6) is -0.00235. The first-order valence-corrected chi connectivity index (χ1v) is 19.0. The lowest BCUT2D eigenvalue weighted by atomic mass is 9.94. The van der Waals surface area contributed by atoms with Crippen LogP contribution in [-0.2, 0) is 24.2 Å². The number of pyridine rings is 1. The number of carbonyl (C=O) groups excluding carboxylic acids is 1. The van der Waals surface area contributed by atoms with Crippen molar-refractivity contribution >= 4 is 44.4 Å². The van der Waals surface area contributed by atoms with Crippen LogP contribution in [0.4, 0.5) is 10.9 Å². The van der Waals surface area contributed by atoms with Crippen LogP contribution in [0.3, 0.4) is 0 Å². The van der Waals surface area contributed by atoms with Gasteiger partial charge in [0.1, 0.15) is 11.6 Å². The molecule has 1 amide bonds. The minimum Gasteiger partial charge on any atom is -0.493 e. The van der Waals surface area contributed by atoms with Gasteiger partial charge in [0, 0.05) is 60.7 Å². The van der Waals surface area contributed by atoms with Gasteiger partial charge in [-0.15, -0.1) is 0 Å². The summed E-state index contributed by atoms with van der Waals surface area (Å²) >= 11 is 1.43. The Morgan fingerprint density at radius 1 is 0.944 bits per heavy atom. The van der Waals surface area contributed by atoms with Crippen molar-refractivity contribution < 1.29 is 24.2 Å². The van der Waals surface area contributed by atoms with E-state index in [4.69, 9.17) is 9.47 Å². The van der Waals surface area contributed by atoms with Crippen molar-refractivity contribution in [2.75, 3.05) is 56.2 Å². The molecule has 54 heavy (non-hydrogen) atoms. The van der Waals surface area contributed by atoms with Crippen LogP contribution in [0.2, 0.25) is 0 Å². The Balaban J connectivity index is 0.976. The van der Waals surface area contributed by atoms with Crippen molar-refractivity contribution in [3.8, 4) is 16.9 Å². The molecule has 6 aromatic rings. The summed E-state index contributed by atoms with van der Waals surface area (Å²) in [7, 11) is 0. The number of ether oxygens (including phenoxy) is 2. The van der Waals surface area contributed by atoms with Crippen LogP contribution in [0.1, 0.15) is 49.7 Å². The van der Waals surface area contributed by atoms with E-state index in [1.54, 1.807) is 6.20 Å². The molecule has 5 heterocycles. The van der Waals surface area contributed by atoms with Crippen LogP contribution in [0.5, 0.6) is 5.75 Å². The molecule has 12 nitrogen and oxygen atoms in total. The van der Waals surface area contributed by atoms with Crippen molar-refractivity contribution in [2.24, 2.45) is 0 Å². The molecular formula is C41H41N7O5S. The first-order chi connectivity index (χ1) is 26.4. The largest absolute Gasteiger partial charge is 0.493 e. The number of anilines is 2. The number of nitrogens with zero attached hydrogens (tertiary/aromatic N) is 6. The number of carboxylic acid groups (broad SMARTS) is 1. The number of fused-ring (bicyclic) bond motifs is 2. The number of hydrogen-bond acceptors (Lipinski definition) is 10. The van der Waals surface area contributed by atoms with E-state index < -0.39 is 5.97 Å². The number of aromatic nitrogens is 4. The topological polar surface area (TPSA) is 135 Å². The zero-order valence-corrected chi connectivity index (χ0v) is 30.8. The predicted molar refractivity (Wildman–Crippen MR) is 209 cm³/mol. The molecule has 0 saturated carbocycles. The normalized spacial score (nSPS) is 14.6. The van der Waals surface area contributed by atoms with Crippen molar-refractivity contribution in [2.45, 2.75) is 32.9 Å². The fraction of sp³-hybridized carbons (Fsp3) is 0.293. The lowest BCUT2D eigenvalue weighted by Crippen LogP contribution is -2.37. The van der Waals surface area contributed by atoms with Crippen LogP contribution >= 0.6 is 11.3 Å². The number of aromatic carboxylic acids is 1. The number of para-hydroxylation sites is 2. The fourth-order valence-electron chi connectivity index (χ4n) is 7.19. The number of hydrogen-bond donors (Lipinski definition) is 2. The third-order valence-electron chi connectivity index (χ3n) is 10.1. The van der Waals surface area contributed by atoms with Crippen molar-refractivity contribution in [3.05, 3.63) is 119 Å². The van der Waals surface area contributed by atoms with Gasteiger partial charge in [0.05, 0.1) is 42.8 Å². The van der Waals surface area contributed by atoms with E-state index in [0.717, 1.165) is 77.6 Å². The number of benzene rings is 3. The second-order valence-corrected chi connectivity index (χ2v) is 14.5. The van der Waals surface area contributed by atoms with Gasteiger partial charge in [-0.2, -0.15) is 5.10 Å². The molecule has 1 fully saturated rings. The Bertz CT molecular complexity index is 2280. The Labute approximate surface area is 317 Å². The van der Waals surface area contributed by atoms with Gasteiger partial charge in [0.25, 0.3) is 5.91 Å². The Morgan fingerprint density at radius 3 is 2.63 bits per heavy atom. The van der Waals surface area contributed by atoms with Crippen LogP contribution in [0.15, 0.2) is 85.1 Å². The van der Waals surface area contributed by atoms with E-state index in [1.807, 2.05) is 95.4 Å². The number of morpholine rings is 1. The average Bonchev–Trinajstić information content (AvgIpc) is 3.78. The Hall–Kier alpha value is -5.63. The van der Waals surface area contributed by atoms with Crippen LogP contribution < -0.4 is 15.0 Å². The predicted octanol–water partition coefficient (Wildman–Crippen LogP) is 6.53. The molecule has 0 aliphatic carbocycles. The monoisotopic (exact) mass is 743 g/mol. The second-order valence-electron chi connectivity index (χ2n) is 13.5. The minimum atomic E-state index is -1.12. The number of nitrogens with one attached hydrogen (secondary N) is 1. The third kappa shape index (κ3) is 7.56. The van der Waals surface area contributed by atoms with E-state index in [9.17, 15) is 14.7 Å². The molecular weight excluding hydrogens is 703 g/mol. The summed E-state index contributed by atoms with van der Waals surface area (Å²) in [5, 5.41) is 18.6. The van der Waals surface area contributed by atoms with Crippen molar-refractivity contribution in [1.29, 1.82) is 0 Å². The van der Waals surface area contributed by atoms with Gasteiger partial charge in [-0.3, -0.25) is 19.7 Å². The summed E-state index contributed by atoms with van der Waals surface area (Å²) in [6.45, 7) is 8.53. The molecule has 3 aromatic heterocycles. The maximum Gasteiger partial charge on any atom is 0.355 e. The maximum absolute atomic E-state index is 13.6. The highest BCUT2D eigenvalue weighted by molar-refractivity contribution is 7.22. The van der Waals surface area contributed by atoms with E-state index in [-0.39, 0.29) is 11.6 Å². The number of rotatable bonds is 12. The van der Waals surface area contributed by atoms with E-state index in [1.165, 1.54) is 11.3 Å². The van der Waals surface area contributed by atoms with Crippen molar-refractivity contribution in [1.82, 2.24) is 24.6 Å². The quantitative estimate of drug-likeness (QED) is 0.133. The zero-order valence-electron chi connectivity index (χ0n) is 30.0. The van der Waals surface area contributed by atoms with Crippen LogP contribution in [-0.4, -0.2) is 87.6 Å². The molecule has 13 heteroatoms. The molecule has 0 radical (unpaired) electrons. The number of carboxylic acids is 1. The van der Waals surface area contributed by atoms with E-state index in [0.29, 0.717) is 60.3 Å².